The number of hydrogen-bond donors (Lipinski definition) is 1. The summed E-state index contributed by atoms with van der Waals surface area (Å²) >= 11 is 0. The third kappa shape index (κ3) is 3.96. The second-order valence-electron chi connectivity index (χ2n) is 8.77. The van der Waals surface area contributed by atoms with Crippen molar-refractivity contribution in [2.45, 2.75) is 26.3 Å². The molecule has 2 aliphatic heterocycles. The van der Waals surface area contributed by atoms with Gasteiger partial charge in [0, 0.05) is 17.7 Å². The Morgan fingerprint density at radius 1 is 1.08 bits per heavy atom. The number of hydrogen-bond acceptors (Lipinski definition) is 6. The highest BCUT2D eigenvalue weighted by Crippen LogP contribution is 2.44. The smallest absolute Gasteiger partial charge is 0.300 e. The first-order valence-electron chi connectivity index (χ1n) is 11.9. The average Bonchev–Trinajstić information content (AvgIpc) is 3.46. The molecule has 1 amide bonds. The third-order valence-electron chi connectivity index (χ3n) is 6.49. The van der Waals surface area contributed by atoms with E-state index in [4.69, 9.17) is 14.2 Å². The minimum Gasteiger partial charge on any atom is -0.507 e. The zero-order valence-electron chi connectivity index (χ0n) is 20.4. The van der Waals surface area contributed by atoms with Gasteiger partial charge in [-0.3, -0.25) is 14.5 Å². The van der Waals surface area contributed by atoms with E-state index in [1.54, 1.807) is 36.4 Å². The van der Waals surface area contributed by atoms with Gasteiger partial charge in [-0.15, -0.1) is 0 Å². The van der Waals surface area contributed by atoms with Crippen LogP contribution in [0.3, 0.4) is 0 Å². The van der Waals surface area contributed by atoms with E-state index in [1.807, 2.05) is 38.1 Å². The molecule has 7 nitrogen and oxygen atoms in total. The van der Waals surface area contributed by atoms with Crippen molar-refractivity contribution in [3.05, 3.63) is 88.5 Å². The second-order valence-corrected chi connectivity index (χ2v) is 8.77. The number of benzene rings is 3. The molecule has 0 aliphatic carbocycles. The molecule has 5 rings (SSSR count). The molecule has 0 aromatic heterocycles. The van der Waals surface area contributed by atoms with Gasteiger partial charge in [-0.05, 0) is 73.0 Å². The number of carbonyl (C=O) groups excluding carboxylic acids is 2. The van der Waals surface area contributed by atoms with Crippen molar-refractivity contribution < 1.29 is 28.9 Å². The van der Waals surface area contributed by atoms with Crippen LogP contribution >= 0.6 is 0 Å². The molecule has 0 radical (unpaired) electrons. The van der Waals surface area contributed by atoms with Crippen molar-refractivity contribution in [1.29, 1.82) is 0 Å². The summed E-state index contributed by atoms with van der Waals surface area (Å²) in [5, 5.41) is 11.4. The van der Waals surface area contributed by atoms with E-state index in [1.165, 1.54) is 12.0 Å². The van der Waals surface area contributed by atoms with Gasteiger partial charge in [0.25, 0.3) is 11.7 Å². The average molecular weight is 486 g/mol. The summed E-state index contributed by atoms with van der Waals surface area (Å²) in [6.07, 6.45) is 0.716. The van der Waals surface area contributed by atoms with Gasteiger partial charge in [0.1, 0.15) is 11.5 Å². The lowest BCUT2D eigenvalue weighted by atomic mass is 9.94. The lowest BCUT2D eigenvalue weighted by Gasteiger charge is -2.26. The van der Waals surface area contributed by atoms with Crippen LogP contribution in [-0.4, -0.2) is 37.1 Å². The van der Waals surface area contributed by atoms with Gasteiger partial charge in [0.2, 0.25) is 0 Å². The summed E-state index contributed by atoms with van der Waals surface area (Å²) in [6.45, 7) is 4.83. The number of methoxy groups -OCH3 is 1. The highest BCUT2D eigenvalue weighted by Gasteiger charge is 2.47. The Labute approximate surface area is 209 Å². The van der Waals surface area contributed by atoms with Gasteiger partial charge in [0.15, 0.2) is 11.5 Å². The summed E-state index contributed by atoms with van der Waals surface area (Å²) in [5.74, 6) is 0.109. The molecule has 0 saturated carbocycles. The molecule has 0 bridgehead atoms. The van der Waals surface area contributed by atoms with E-state index in [0.29, 0.717) is 47.9 Å². The van der Waals surface area contributed by atoms with E-state index in [-0.39, 0.29) is 11.3 Å². The van der Waals surface area contributed by atoms with Crippen molar-refractivity contribution in [3.8, 4) is 17.2 Å². The number of fused-ring (bicyclic) bond motifs is 1. The van der Waals surface area contributed by atoms with Gasteiger partial charge in [0.05, 0.1) is 31.9 Å². The maximum atomic E-state index is 13.4. The van der Waals surface area contributed by atoms with E-state index in [9.17, 15) is 14.7 Å². The maximum absolute atomic E-state index is 13.4. The number of carbonyl (C=O) groups is 2. The first kappa shape index (κ1) is 23.5. The molecule has 184 valence electrons. The van der Waals surface area contributed by atoms with Crippen LogP contribution in [0.25, 0.3) is 5.76 Å². The fourth-order valence-electron chi connectivity index (χ4n) is 4.81. The van der Waals surface area contributed by atoms with E-state index >= 15 is 0 Å². The first-order valence-corrected chi connectivity index (χ1v) is 11.9. The SMILES string of the molecule is CCOc1ccc(C2/C(=C(\O)c3ccc4c(c3)CCO4)C(=O)C(=O)N2c2cccc(C)c2)cc1OC. The lowest BCUT2D eigenvalue weighted by molar-refractivity contribution is -0.132. The number of Topliss-reactive ketones (excluding diaryl/α,β-unsaturated/α-hetero) is 1. The Balaban J connectivity index is 1.71. The number of amides is 1. The van der Waals surface area contributed by atoms with Gasteiger partial charge in [-0.2, -0.15) is 0 Å². The summed E-state index contributed by atoms with van der Waals surface area (Å²) in [7, 11) is 1.53. The molecule has 3 aromatic rings. The predicted molar refractivity (Wildman–Crippen MR) is 136 cm³/mol. The Bertz CT molecular complexity index is 1390. The Morgan fingerprint density at radius 3 is 2.67 bits per heavy atom. The predicted octanol–water partition coefficient (Wildman–Crippen LogP) is 4.96. The number of aryl methyl sites for hydroxylation is 1. The maximum Gasteiger partial charge on any atom is 0.300 e. The molecule has 1 saturated heterocycles. The number of ketones is 1. The van der Waals surface area contributed by atoms with Crippen LogP contribution in [0.2, 0.25) is 0 Å². The normalized spacial score (nSPS) is 18.2. The summed E-state index contributed by atoms with van der Waals surface area (Å²) in [4.78, 5) is 28.3. The van der Waals surface area contributed by atoms with Gasteiger partial charge < -0.3 is 19.3 Å². The summed E-state index contributed by atoms with van der Waals surface area (Å²) < 4.78 is 16.8. The fourth-order valence-corrected chi connectivity index (χ4v) is 4.81. The molecule has 1 unspecified atom stereocenters. The van der Waals surface area contributed by atoms with Crippen LogP contribution in [0.1, 0.15) is 35.2 Å². The van der Waals surface area contributed by atoms with Crippen LogP contribution in [0.15, 0.2) is 66.2 Å². The van der Waals surface area contributed by atoms with E-state index in [2.05, 4.69) is 0 Å². The zero-order valence-corrected chi connectivity index (χ0v) is 20.4. The lowest BCUT2D eigenvalue weighted by Crippen LogP contribution is -2.29. The fraction of sp³-hybridized carbons (Fsp3) is 0.241. The largest absolute Gasteiger partial charge is 0.507 e. The quantitative estimate of drug-likeness (QED) is 0.302. The molecule has 36 heavy (non-hydrogen) atoms. The van der Waals surface area contributed by atoms with Crippen LogP contribution in [0, 0.1) is 6.92 Å². The number of ether oxygens (including phenoxy) is 3. The molecule has 1 fully saturated rings. The van der Waals surface area contributed by atoms with Crippen LogP contribution in [0.5, 0.6) is 17.2 Å². The van der Waals surface area contributed by atoms with Gasteiger partial charge >= 0.3 is 0 Å². The van der Waals surface area contributed by atoms with Crippen LogP contribution < -0.4 is 19.1 Å². The number of anilines is 1. The molecule has 7 heteroatoms. The molecule has 2 heterocycles. The Hall–Kier alpha value is -4.26. The molecule has 2 aliphatic rings. The third-order valence-corrected chi connectivity index (χ3v) is 6.49. The van der Waals surface area contributed by atoms with E-state index in [0.717, 1.165) is 16.9 Å². The topological polar surface area (TPSA) is 85.3 Å². The Morgan fingerprint density at radius 2 is 1.92 bits per heavy atom. The molecular formula is C29H27NO6. The van der Waals surface area contributed by atoms with Crippen LogP contribution in [0.4, 0.5) is 5.69 Å². The minimum atomic E-state index is -0.860. The number of nitrogens with zero attached hydrogens (tertiary/aromatic N) is 1. The molecule has 0 spiro atoms. The van der Waals surface area contributed by atoms with E-state index < -0.39 is 17.7 Å². The molecule has 1 atom stereocenters. The first-order chi connectivity index (χ1) is 17.4. The van der Waals surface area contributed by atoms with Crippen molar-refractivity contribution >= 4 is 23.1 Å². The Kier molecular flexibility index (Phi) is 6.14. The van der Waals surface area contributed by atoms with Crippen molar-refractivity contribution in [1.82, 2.24) is 0 Å². The number of aliphatic hydroxyl groups is 1. The number of aliphatic hydroxyl groups excluding tert-OH is 1. The zero-order chi connectivity index (χ0) is 25.4. The second kappa shape index (κ2) is 9.41. The van der Waals surface area contributed by atoms with Crippen molar-refractivity contribution in [2.24, 2.45) is 0 Å². The summed E-state index contributed by atoms with van der Waals surface area (Å²) in [5.41, 5.74) is 3.55. The highest BCUT2D eigenvalue weighted by atomic mass is 16.5. The molecule has 3 aromatic carbocycles. The highest BCUT2D eigenvalue weighted by molar-refractivity contribution is 6.51. The number of rotatable bonds is 6. The monoisotopic (exact) mass is 485 g/mol. The van der Waals surface area contributed by atoms with Crippen molar-refractivity contribution in [3.63, 3.8) is 0 Å². The van der Waals surface area contributed by atoms with Gasteiger partial charge in [-0.1, -0.05) is 18.2 Å². The molecular weight excluding hydrogens is 458 g/mol. The standard InChI is InChI=1S/C29H27NO6/c1-4-35-23-11-8-19(16-24(23)34-3)26-25(27(31)20-9-10-22-18(15-20)12-13-36-22)28(32)29(33)30(26)21-7-5-6-17(2)14-21/h5-11,14-16,26,31H,4,12-13H2,1-3H3/b27-25+. The summed E-state index contributed by atoms with van der Waals surface area (Å²) in [6, 6.07) is 17.1. The van der Waals surface area contributed by atoms with Gasteiger partial charge in [-0.25, -0.2) is 0 Å². The minimum absolute atomic E-state index is 0.0200. The molecule has 1 N–H and O–H groups in total. The van der Waals surface area contributed by atoms with Crippen molar-refractivity contribution in [2.75, 3.05) is 25.2 Å². The van der Waals surface area contributed by atoms with Crippen LogP contribution in [-0.2, 0) is 16.0 Å².